The van der Waals surface area contributed by atoms with Crippen molar-refractivity contribution in [1.29, 1.82) is 0 Å². The van der Waals surface area contributed by atoms with Gasteiger partial charge in [-0.1, -0.05) is 19.9 Å². The average molecular weight is 445 g/mol. The number of pyridine rings is 1. The predicted molar refractivity (Wildman–Crippen MR) is 104 cm³/mol. The summed E-state index contributed by atoms with van der Waals surface area (Å²) in [4.78, 5) is 15.5. The molecule has 0 amide bonds. The number of aryl methyl sites for hydroxylation is 1. The Kier molecular flexibility index (Phi) is 5.94. The van der Waals surface area contributed by atoms with E-state index in [0.717, 1.165) is 20.1 Å². The summed E-state index contributed by atoms with van der Waals surface area (Å²) in [6.45, 7) is 5.70. The zero-order chi connectivity index (χ0) is 23.3. The van der Waals surface area contributed by atoms with Crippen LogP contribution in [0.3, 0.4) is 0 Å². The lowest BCUT2D eigenvalue weighted by atomic mass is 9.76. The summed E-state index contributed by atoms with van der Waals surface area (Å²) in [5, 5.41) is 0. The molecule has 1 fully saturated rings. The fourth-order valence-electron chi connectivity index (χ4n) is 4.41. The summed E-state index contributed by atoms with van der Waals surface area (Å²) in [7, 11) is 1.11. The highest BCUT2D eigenvalue weighted by Gasteiger charge is 2.65. The number of H-pyrrole nitrogens is 1. The van der Waals surface area contributed by atoms with Crippen molar-refractivity contribution in [3.05, 3.63) is 62.6 Å². The maximum Gasteiger partial charge on any atom is 0.417 e. The van der Waals surface area contributed by atoms with Crippen LogP contribution in [-0.2, 0) is 11.2 Å². The van der Waals surface area contributed by atoms with Gasteiger partial charge >= 0.3 is 6.18 Å². The number of ether oxygens (including phenoxy) is 2. The summed E-state index contributed by atoms with van der Waals surface area (Å²) in [6.07, 6.45) is -5.56. The lowest BCUT2D eigenvalue weighted by molar-refractivity contribution is -0.275. The first-order valence-corrected chi connectivity index (χ1v) is 9.86. The number of aromatic amines is 1. The second kappa shape index (κ2) is 7.93. The normalized spacial score (nSPS) is 26.3. The molecular weight excluding hydrogens is 421 g/mol. The van der Waals surface area contributed by atoms with Crippen molar-refractivity contribution in [1.82, 2.24) is 4.98 Å². The Morgan fingerprint density at radius 3 is 2.42 bits per heavy atom. The summed E-state index contributed by atoms with van der Waals surface area (Å²) in [5.74, 6) is -5.23. The molecule has 170 valence electrons. The molecule has 0 saturated carbocycles. The summed E-state index contributed by atoms with van der Waals surface area (Å²) in [6, 6.07) is 3.25. The van der Waals surface area contributed by atoms with E-state index in [1.807, 2.05) is 0 Å². The number of halogens is 5. The molecule has 9 heteroatoms. The third kappa shape index (κ3) is 3.62. The molecule has 1 N–H and O–H groups in total. The molecule has 4 atom stereocenters. The van der Waals surface area contributed by atoms with Crippen LogP contribution in [0.15, 0.2) is 23.0 Å². The van der Waals surface area contributed by atoms with Crippen LogP contribution in [0.2, 0.25) is 0 Å². The van der Waals surface area contributed by atoms with Crippen molar-refractivity contribution >= 4 is 0 Å². The van der Waals surface area contributed by atoms with Crippen molar-refractivity contribution in [2.24, 2.45) is 5.92 Å². The van der Waals surface area contributed by atoms with Crippen LogP contribution < -0.4 is 10.2 Å². The molecule has 0 spiro atoms. The molecule has 1 aliphatic rings. The Morgan fingerprint density at radius 2 is 1.90 bits per heavy atom. The lowest BCUT2D eigenvalue weighted by Crippen LogP contribution is -2.46. The molecule has 4 nitrogen and oxygen atoms in total. The molecule has 1 saturated heterocycles. The van der Waals surface area contributed by atoms with Gasteiger partial charge < -0.3 is 14.5 Å². The summed E-state index contributed by atoms with van der Waals surface area (Å²) < 4.78 is 80.8. The minimum Gasteiger partial charge on any atom is -0.493 e. The molecule has 1 aliphatic heterocycles. The number of benzene rings is 1. The maximum atomic E-state index is 14.4. The SMILES string of the molecule is CCc1c(C)[nH]c([C@@H]2O[C@@](C)(C(F)(F)F)[C@@H](C)[C@H]2c2ccc(F)c(F)c2OC)cc1=O. The fraction of sp³-hybridized carbons (Fsp3) is 0.500. The van der Waals surface area contributed by atoms with Gasteiger partial charge in [0.05, 0.1) is 7.11 Å². The quantitative estimate of drug-likeness (QED) is 0.646. The molecule has 3 rings (SSSR count). The fourth-order valence-corrected chi connectivity index (χ4v) is 4.41. The van der Waals surface area contributed by atoms with E-state index in [-0.39, 0.29) is 16.7 Å². The van der Waals surface area contributed by atoms with Crippen LogP contribution in [0.1, 0.15) is 55.3 Å². The Labute approximate surface area is 176 Å². The maximum absolute atomic E-state index is 14.4. The molecule has 1 aromatic carbocycles. The van der Waals surface area contributed by atoms with E-state index in [4.69, 9.17) is 9.47 Å². The highest BCUT2D eigenvalue weighted by atomic mass is 19.4. The van der Waals surface area contributed by atoms with E-state index in [1.54, 1.807) is 13.8 Å². The van der Waals surface area contributed by atoms with Gasteiger partial charge in [0.1, 0.15) is 6.10 Å². The van der Waals surface area contributed by atoms with Crippen molar-refractivity contribution in [3.63, 3.8) is 0 Å². The van der Waals surface area contributed by atoms with E-state index in [2.05, 4.69) is 4.98 Å². The standard InChI is InChI=1S/C22H24F5NO3/c1-6-12-11(3)28-15(9-16(12)29)20-17(10(2)21(4,31-20)22(25,26)27)13-7-8-14(23)18(24)19(13)30-5/h7-10,17,20H,6H2,1-5H3,(H,28,29)/t10-,17-,20-,21+/m0/s1. The van der Waals surface area contributed by atoms with Crippen LogP contribution in [-0.4, -0.2) is 23.9 Å². The van der Waals surface area contributed by atoms with Gasteiger partial charge in [-0.15, -0.1) is 0 Å². The zero-order valence-electron chi connectivity index (χ0n) is 17.8. The van der Waals surface area contributed by atoms with Crippen LogP contribution in [0.4, 0.5) is 22.0 Å². The third-order valence-corrected chi connectivity index (χ3v) is 6.34. The van der Waals surface area contributed by atoms with Gasteiger partial charge in [0, 0.05) is 40.4 Å². The predicted octanol–water partition coefficient (Wildman–Crippen LogP) is 5.34. The van der Waals surface area contributed by atoms with Gasteiger partial charge in [0.25, 0.3) is 0 Å². The molecule has 0 aliphatic carbocycles. The molecule has 1 aromatic heterocycles. The molecule has 0 radical (unpaired) electrons. The number of hydrogen-bond acceptors (Lipinski definition) is 3. The number of alkyl halides is 3. The van der Waals surface area contributed by atoms with Crippen LogP contribution in [0.25, 0.3) is 0 Å². The largest absolute Gasteiger partial charge is 0.493 e. The first-order valence-electron chi connectivity index (χ1n) is 9.86. The van der Waals surface area contributed by atoms with E-state index in [0.29, 0.717) is 17.7 Å². The summed E-state index contributed by atoms with van der Waals surface area (Å²) in [5.41, 5.74) is -1.73. The van der Waals surface area contributed by atoms with Crippen molar-refractivity contribution in [2.75, 3.05) is 7.11 Å². The zero-order valence-corrected chi connectivity index (χ0v) is 17.8. The number of methoxy groups -OCH3 is 1. The van der Waals surface area contributed by atoms with Gasteiger partial charge in [0.2, 0.25) is 5.82 Å². The van der Waals surface area contributed by atoms with Crippen LogP contribution in [0, 0.1) is 24.5 Å². The molecule has 2 heterocycles. The van der Waals surface area contributed by atoms with Crippen LogP contribution >= 0.6 is 0 Å². The third-order valence-electron chi connectivity index (χ3n) is 6.34. The number of rotatable bonds is 4. The lowest BCUT2D eigenvalue weighted by Gasteiger charge is -2.32. The molecule has 0 unspecified atom stereocenters. The van der Waals surface area contributed by atoms with Gasteiger partial charge in [-0.3, -0.25) is 4.79 Å². The van der Waals surface area contributed by atoms with Crippen molar-refractivity contribution in [3.8, 4) is 5.75 Å². The number of nitrogens with one attached hydrogen (secondary N) is 1. The van der Waals surface area contributed by atoms with Crippen molar-refractivity contribution in [2.45, 2.75) is 57.9 Å². The van der Waals surface area contributed by atoms with Gasteiger partial charge in [-0.05, 0) is 26.3 Å². The Bertz CT molecular complexity index is 1050. The highest BCUT2D eigenvalue weighted by molar-refractivity contribution is 5.42. The molecule has 31 heavy (non-hydrogen) atoms. The highest BCUT2D eigenvalue weighted by Crippen LogP contribution is 2.59. The van der Waals surface area contributed by atoms with Gasteiger partial charge in [-0.25, -0.2) is 4.39 Å². The Balaban J connectivity index is 2.26. The van der Waals surface area contributed by atoms with E-state index in [1.165, 1.54) is 19.1 Å². The minimum absolute atomic E-state index is 0.0324. The first-order chi connectivity index (χ1) is 14.4. The second-order valence-corrected chi connectivity index (χ2v) is 7.99. The van der Waals surface area contributed by atoms with E-state index in [9.17, 15) is 26.7 Å². The average Bonchev–Trinajstić information content (AvgIpc) is 2.96. The molecular formula is C22H24F5NO3. The minimum atomic E-state index is -4.75. The monoisotopic (exact) mass is 445 g/mol. The Morgan fingerprint density at radius 1 is 1.26 bits per heavy atom. The van der Waals surface area contributed by atoms with E-state index >= 15 is 0 Å². The topological polar surface area (TPSA) is 51.3 Å². The summed E-state index contributed by atoms with van der Waals surface area (Å²) >= 11 is 0. The van der Waals surface area contributed by atoms with E-state index < -0.39 is 47.1 Å². The van der Waals surface area contributed by atoms with Crippen molar-refractivity contribution < 1.29 is 31.4 Å². The van der Waals surface area contributed by atoms with Gasteiger partial charge in [-0.2, -0.15) is 17.6 Å². The Hall–Kier alpha value is -2.42. The van der Waals surface area contributed by atoms with Gasteiger partial charge in [0.15, 0.2) is 22.6 Å². The second-order valence-electron chi connectivity index (χ2n) is 7.99. The molecule has 2 aromatic rings. The number of hydrogen-bond donors (Lipinski definition) is 1. The molecule has 0 bridgehead atoms. The van der Waals surface area contributed by atoms with Crippen LogP contribution in [0.5, 0.6) is 5.75 Å². The smallest absolute Gasteiger partial charge is 0.417 e. The first kappa shape index (κ1) is 23.2. The number of aromatic nitrogens is 1.